The molecule has 0 unspecified atom stereocenters. The van der Waals surface area contributed by atoms with Crippen LogP contribution < -0.4 is 10.1 Å². The van der Waals surface area contributed by atoms with Crippen LogP contribution in [0.5, 0.6) is 5.75 Å². The van der Waals surface area contributed by atoms with Gasteiger partial charge in [-0.05, 0) is 35.9 Å². The molecule has 0 aliphatic heterocycles. The Balaban J connectivity index is 1.74. The third-order valence-electron chi connectivity index (χ3n) is 3.38. The van der Waals surface area contributed by atoms with Gasteiger partial charge in [-0.25, -0.2) is 9.67 Å². The quantitative estimate of drug-likeness (QED) is 0.752. The molecule has 0 bridgehead atoms. The van der Waals surface area contributed by atoms with E-state index in [4.69, 9.17) is 4.74 Å². The van der Waals surface area contributed by atoms with Crippen molar-refractivity contribution in [3.63, 3.8) is 0 Å². The third-order valence-corrected chi connectivity index (χ3v) is 3.38. The van der Waals surface area contributed by atoms with Gasteiger partial charge >= 0.3 is 0 Å². The molecule has 1 N–H and O–H groups in total. The molecule has 0 fully saturated rings. The summed E-state index contributed by atoms with van der Waals surface area (Å²) in [6, 6.07) is 11.1. The zero-order valence-corrected chi connectivity index (χ0v) is 12.9. The largest absolute Gasteiger partial charge is 0.497 e. The molecule has 116 valence electrons. The predicted molar refractivity (Wildman–Crippen MR) is 89.2 cm³/mol. The smallest absolute Gasteiger partial charge is 0.249 e. The highest BCUT2D eigenvalue weighted by Crippen LogP contribution is 2.19. The van der Waals surface area contributed by atoms with Crippen molar-refractivity contribution in [2.24, 2.45) is 7.05 Å². The summed E-state index contributed by atoms with van der Waals surface area (Å²) in [7, 11) is 3.41. The number of nitrogens with zero attached hydrogens (tertiary/aromatic N) is 3. The number of fused-ring (bicyclic) bond motifs is 1. The summed E-state index contributed by atoms with van der Waals surface area (Å²) in [5, 5.41) is 7.86. The van der Waals surface area contributed by atoms with Crippen molar-refractivity contribution in [3.8, 4) is 5.75 Å². The van der Waals surface area contributed by atoms with E-state index in [1.165, 1.54) is 6.08 Å². The average Bonchev–Trinajstić information content (AvgIpc) is 2.90. The number of ether oxygens (including phenoxy) is 1. The van der Waals surface area contributed by atoms with Crippen LogP contribution in [0.1, 0.15) is 5.56 Å². The second-order valence-electron chi connectivity index (χ2n) is 4.94. The molecule has 3 rings (SSSR count). The SMILES string of the molecule is COc1ccc(/C=C/C(=O)Nc2nn(C)c3ncccc23)cc1. The maximum absolute atomic E-state index is 12.1. The molecule has 6 nitrogen and oxygen atoms in total. The van der Waals surface area contributed by atoms with Gasteiger partial charge < -0.3 is 10.1 Å². The lowest BCUT2D eigenvalue weighted by atomic mass is 10.2. The summed E-state index contributed by atoms with van der Waals surface area (Å²) >= 11 is 0. The summed E-state index contributed by atoms with van der Waals surface area (Å²) in [4.78, 5) is 16.3. The number of benzene rings is 1. The molecule has 0 spiro atoms. The number of pyridine rings is 1. The summed E-state index contributed by atoms with van der Waals surface area (Å²) in [5.41, 5.74) is 1.63. The fourth-order valence-corrected chi connectivity index (χ4v) is 2.23. The standard InChI is InChI=1S/C17H16N4O2/c1-21-17-14(4-3-11-18-17)16(20-21)19-15(22)10-7-12-5-8-13(23-2)9-6-12/h3-11H,1-2H3,(H,19,20,22)/b10-7+. The summed E-state index contributed by atoms with van der Waals surface area (Å²) in [6.07, 6.45) is 4.90. The Morgan fingerprint density at radius 2 is 2.04 bits per heavy atom. The Morgan fingerprint density at radius 3 is 2.78 bits per heavy atom. The normalized spacial score (nSPS) is 11.0. The number of carbonyl (C=O) groups is 1. The van der Waals surface area contributed by atoms with Crippen LogP contribution in [0.4, 0.5) is 5.82 Å². The minimum atomic E-state index is -0.246. The lowest BCUT2D eigenvalue weighted by molar-refractivity contribution is -0.111. The van der Waals surface area contributed by atoms with Crippen LogP contribution in [-0.2, 0) is 11.8 Å². The number of hydrogen-bond acceptors (Lipinski definition) is 4. The molecule has 2 heterocycles. The fourth-order valence-electron chi connectivity index (χ4n) is 2.23. The molecule has 3 aromatic rings. The molecule has 0 aliphatic carbocycles. The zero-order valence-electron chi connectivity index (χ0n) is 12.9. The molecular weight excluding hydrogens is 292 g/mol. The van der Waals surface area contributed by atoms with Crippen molar-refractivity contribution < 1.29 is 9.53 Å². The van der Waals surface area contributed by atoms with Crippen LogP contribution in [-0.4, -0.2) is 27.8 Å². The van der Waals surface area contributed by atoms with Crippen LogP contribution in [0, 0.1) is 0 Å². The van der Waals surface area contributed by atoms with Crippen LogP contribution in [0.3, 0.4) is 0 Å². The third kappa shape index (κ3) is 3.21. The number of hydrogen-bond donors (Lipinski definition) is 1. The molecule has 1 aromatic carbocycles. The van der Waals surface area contributed by atoms with E-state index in [0.717, 1.165) is 22.3 Å². The lowest BCUT2D eigenvalue weighted by Crippen LogP contribution is -2.08. The Labute approximate surface area is 133 Å². The van der Waals surface area contributed by atoms with Gasteiger partial charge in [0, 0.05) is 19.3 Å². The fraction of sp³-hybridized carbons (Fsp3) is 0.118. The van der Waals surface area contributed by atoms with E-state index in [1.54, 1.807) is 31.1 Å². The molecule has 6 heteroatoms. The first-order valence-corrected chi connectivity index (χ1v) is 7.08. The van der Waals surface area contributed by atoms with Crippen molar-refractivity contribution in [1.29, 1.82) is 0 Å². The zero-order chi connectivity index (χ0) is 16.2. The summed E-state index contributed by atoms with van der Waals surface area (Å²) in [5.74, 6) is 1.03. The maximum atomic E-state index is 12.1. The van der Waals surface area contributed by atoms with Gasteiger partial charge in [0.1, 0.15) is 5.75 Å². The van der Waals surface area contributed by atoms with Gasteiger partial charge in [-0.3, -0.25) is 4.79 Å². The van der Waals surface area contributed by atoms with Gasteiger partial charge in [-0.1, -0.05) is 12.1 Å². The molecule has 0 saturated carbocycles. The minimum absolute atomic E-state index is 0.246. The van der Waals surface area contributed by atoms with Crippen LogP contribution in [0.15, 0.2) is 48.7 Å². The molecule has 0 atom stereocenters. The van der Waals surface area contributed by atoms with Gasteiger partial charge in [-0.15, -0.1) is 0 Å². The number of aryl methyl sites for hydroxylation is 1. The summed E-state index contributed by atoms with van der Waals surface area (Å²) < 4.78 is 6.73. The van der Waals surface area contributed by atoms with Gasteiger partial charge in [0.05, 0.1) is 12.5 Å². The number of carbonyl (C=O) groups excluding carboxylic acids is 1. The average molecular weight is 308 g/mol. The van der Waals surface area contributed by atoms with E-state index in [-0.39, 0.29) is 5.91 Å². The Bertz CT molecular complexity index is 866. The molecular formula is C17H16N4O2. The number of amides is 1. The number of aromatic nitrogens is 3. The molecule has 23 heavy (non-hydrogen) atoms. The Kier molecular flexibility index (Phi) is 4.05. The highest BCUT2D eigenvalue weighted by atomic mass is 16.5. The Hall–Kier alpha value is -3.15. The first-order valence-electron chi connectivity index (χ1n) is 7.08. The van der Waals surface area contributed by atoms with Crippen LogP contribution in [0.25, 0.3) is 17.1 Å². The van der Waals surface area contributed by atoms with Gasteiger partial charge in [0.25, 0.3) is 0 Å². The highest BCUT2D eigenvalue weighted by molar-refractivity contribution is 6.05. The number of nitrogens with one attached hydrogen (secondary N) is 1. The van der Waals surface area contributed by atoms with Crippen molar-refractivity contribution >= 4 is 28.8 Å². The topological polar surface area (TPSA) is 69.0 Å². The van der Waals surface area contributed by atoms with E-state index in [9.17, 15) is 4.79 Å². The lowest BCUT2D eigenvalue weighted by Gasteiger charge is -2.00. The highest BCUT2D eigenvalue weighted by Gasteiger charge is 2.10. The summed E-state index contributed by atoms with van der Waals surface area (Å²) in [6.45, 7) is 0. The minimum Gasteiger partial charge on any atom is -0.497 e. The van der Waals surface area contributed by atoms with Gasteiger partial charge in [0.2, 0.25) is 5.91 Å². The van der Waals surface area contributed by atoms with Gasteiger partial charge in [-0.2, -0.15) is 5.10 Å². The van der Waals surface area contributed by atoms with Crippen molar-refractivity contribution in [1.82, 2.24) is 14.8 Å². The second-order valence-corrected chi connectivity index (χ2v) is 4.94. The van der Waals surface area contributed by atoms with Crippen LogP contribution in [0.2, 0.25) is 0 Å². The van der Waals surface area contributed by atoms with Crippen molar-refractivity contribution in [3.05, 3.63) is 54.2 Å². The first-order chi connectivity index (χ1) is 11.2. The van der Waals surface area contributed by atoms with E-state index in [2.05, 4.69) is 15.4 Å². The van der Waals surface area contributed by atoms with Crippen molar-refractivity contribution in [2.75, 3.05) is 12.4 Å². The molecule has 2 aromatic heterocycles. The number of methoxy groups -OCH3 is 1. The van der Waals surface area contributed by atoms with E-state index >= 15 is 0 Å². The molecule has 0 radical (unpaired) electrons. The first kappa shape index (κ1) is 14.8. The monoisotopic (exact) mass is 308 g/mol. The maximum Gasteiger partial charge on any atom is 0.249 e. The number of anilines is 1. The van der Waals surface area contributed by atoms with Crippen LogP contribution >= 0.6 is 0 Å². The molecule has 1 amide bonds. The Morgan fingerprint density at radius 1 is 1.26 bits per heavy atom. The van der Waals surface area contributed by atoms with E-state index in [1.807, 2.05) is 36.4 Å². The molecule has 0 saturated heterocycles. The van der Waals surface area contributed by atoms with E-state index in [0.29, 0.717) is 5.82 Å². The van der Waals surface area contributed by atoms with Gasteiger partial charge in [0.15, 0.2) is 11.5 Å². The molecule has 0 aliphatic rings. The van der Waals surface area contributed by atoms with Crippen molar-refractivity contribution in [2.45, 2.75) is 0 Å². The van der Waals surface area contributed by atoms with E-state index < -0.39 is 0 Å². The number of rotatable bonds is 4. The second kappa shape index (κ2) is 6.31. The predicted octanol–water partition coefficient (Wildman–Crippen LogP) is 2.63.